The Morgan fingerprint density at radius 2 is 2.12 bits per heavy atom. The van der Waals surface area contributed by atoms with Gasteiger partial charge >= 0.3 is 0 Å². The first-order chi connectivity index (χ1) is 7.67. The molecule has 0 aromatic carbocycles. The molecule has 0 amide bonds. The molecule has 0 radical (unpaired) electrons. The fourth-order valence-electron chi connectivity index (χ4n) is 1.15. The van der Waals surface area contributed by atoms with Gasteiger partial charge in [-0.2, -0.15) is 4.37 Å². The van der Waals surface area contributed by atoms with Crippen LogP contribution in [0, 0.1) is 13.8 Å². The maximum Gasteiger partial charge on any atom is 0.195 e. The summed E-state index contributed by atoms with van der Waals surface area (Å²) >= 11 is 2.77. The van der Waals surface area contributed by atoms with E-state index in [9.17, 15) is 0 Å². The van der Waals surface area contributed by atoms with E-state index in [4.69, 9.17) is 5.73 Å². The van der Waals surface area contributed by atoms with Gasteiger partial charge in [0.05, 0.1) is 5.69 Å². The van der Waals surface area contributed by atoms with Gasteiger partial charge < -0.3 is 5.73 Å². The summed E-state index contributed by atoms with van der Waals surface area (Å²) in [6.07, 6.45) is 0. The second-order valence-corrected chi connectivity index (χ2v) is 5.16. The van der Waals surface area contributed by atoms with Crippen LogP contribution in [0.25, 0.3) is 0 Å². The first-order valence-electron chi connectivity index (χ1n) is 4.70. The molecule has 5 nitrogen and oxygen atoms in total. The van der Waals surface area contributed by atoms with Crippen molar-refractivity contribution in [2.75, 3.05) is 0 Å². The van der Waals surface area contributed by atoms with Crippen molar-refractivity contribution in [2.24, 2.45) is 5.73 Å². The lowest BCUT2D eigenvalue weighted by atomic mass is 10.3. The standard InChI is InChI=1S/C9H11N5S2/c1-5-3-7(4-10)13-8(11-5)15-9-12-6(2)14-16-9/h3H,4,10H2,1-2H3. The molecule has 0 saturated heterocycles. The largest absolute Gasteiger partial charge is 0.325 e. The first-order valence-corrected chi connectivity index (χ1v) is 6.29. The van der Waals surface area contributed by atoms with Gasteiger partial charge in [-0.05, 0) is 43.2 Å². The van der Waals surface area contributed by atoms with Crippen molar-refractivity contribution in [1.82, 2.24) is 19.3 Å². The van der Waals surface area contributed by atoms with Crippen molar-refractivity contribution in [2.45, 2.75) is 29.9 Å². The van der Waals surface area contributed by atoms with Crippen LogP contribution in [0.1, 0.15) is 17.2 Å². The lowest BCUT2D eigenvalue weighted by molar-refractivity contribution is 0.853. The number of aromatic nitrogens is 4. The lowest BCUT2D eigenvalue weighted by Gasteiger charge is -2.01. The molecule has 84 valence electrons. The van der Waals surface area contributed by atoms with Gasteiger partial charge in [0, 0.05) is 12.2 Å². The monoisotopic (exact) mass is 253 g/mol. The van der Waals surface area contributed by atoms with Crippen LogP contribution in [0.4, 0.5) is 0 Å². The van der Waals surface area contributed by atoms with Crippen LogP contribution in [0.5, 0.6) is 0 Å². The summed E-state index contributed by atoms with van der Waals surface area (Å²) in [5.41, 5.74) is 7.32. The zero-order valence-electron chi connectivity index (χ0n) is 8.97. The summed E-state index contributed by atoms with van der Waals surface area (Å²) in [6, 6.07) is 1.88. The highest BCUT2D eigenvalue weighted by atomic mass is 32.2. The maximum atomic E-state index is 5.56. The molecule has 0 saturated carbocycles. The molecule has 0 fully saturated rings. The molecule has 0 bridgehead atoms. The Bertz CT molecular complexity index is 496. The van der Waals surface area contributed by atoms with E-state index in [1.165, 1.54) is 23.3 Å². The highest BCUT2D eigenvalue weighted by Gasteiger charge is 2.07. The number of nitrogens with zero attached hydrogens (tertiary/aromatic N) is 4. The van der Waals surface area contributed by atoms with E-state index in [0.29, 0.717) is 11.7 Å². The third-order valence-corrected chi connectivity index (χ3v) is 3.49. The second-order valence-electron chi connectivity index (χ2n) is 3.20. The normalized spacial score (nSPS) is 10.7. The summed E-state index contributed by atoms with van der Waals surface area (Å²) in [7, 11) is 0. The van der Waals surface area contributed by atoms with Crippen molar-refractivity contribution in [3.05, 3.63) is 23.3 Å². The van der Waals surface area contributed by atoms with Crippen LogP contribution in [-0.2, 0) is 6.54 Å². The molecule has 0 atom stereocenters. The molecule has 7 heteroatoms. The summed E-state index contributed by atoms with van der Waals surface area (Å²) in [6.45, 7) is 4.21. The molecule has 2 rings (SSSR count). The fraction of sp³-hybridized carbons (Fsp3) is 0.333. The molecule has 2 heterocycles. The molecule has 2 aromatic rings. The number of aryl methyl sites for hydroxylation is 2. The molecular weight excluding hydrogens is 242 g/mol. The first kappa shape index (κ1) is 11.4. The molecule has 0 aliphatic carbocycles. The Labute approximate surface area is 102 Å². The van der Waals surface area contributed by atoms with Gasteiger partial charge in [-0.3, -0.25) is 0 Å². The Morgan fingerprint density at radius 3 is 2.75 bits per heavy atom. The molecular formula is C9H11N5S2. The minimum atomic E-state index is 0.423. The third kappa shape index (κ3) is 2.75. The van der Waals surface area contributed by atoms with Gasteiger partial charge in [0.25, 0.3) is 0 Å². The van der Waals surface area contributed by atoms with Gasteiger partial charge in [0.1, 0.15) is 5.82 Å². The summed E-state index contributed by atoms with van der Waals surface area (Å²) < 4.78 is 4.96. The quantitative estimate of drug-likeness (QED) is 0.836. The van der Waals surface area contributed by atoms with Crippen LogP contribution in [0.3, 0.4) is 0 Å². The van der Waals surface area contributed by atoms with Crippen LogP contribution in [-0.4, -0.2) is 19.3 Å². The van der Waals surface area contributed by atoms with E-state index in [-0.39, 0.29) is 0 Å². The Balaban J connectivity index is 2.24. The van der Waals surface area contributed by atoms with Crippen LogP contribution >= 0.6 is 23.3 Å². The van der Waals surface area contributed by atoms with Crippen molar-refractivity contribution in [3.8, 4) is 0 Å². The molecule has 0 aliphatic heterocycles. The van der Waals surface area contributed by atoms with E-state index < -0.39 is 0 Å². The topological polar surface area (TPSA) is 77.6 Å². The Morgan fingerprint density at radius 1 is 1.31 bits per heavy atom. The zero-order chi connectivity index (χ0) is 11.5. The van der Waals surface area contributed by atoms with Crippen LogP contribution in [0.15, 0.2) is 15.6 Å². The fourth-order valence-corrected chi connectivity index (χ4v) is 2.75. The zero-order valence-corrected chi connectivity index (χ0v) is 10.6. The van der Waals surface area contributed by atoms with Crippen molar-refractivity contribution < 1.29 is 0 Å². The SMILES string of the molecule is Cc1cc(CN)nc(Sc2nc(C)ns2)n1. The smallest absolute Gasteiger partial charge is 0.195 e. The van der Waals surface area contributed by atoms with Gasteiger partial charge in [0.15, 0.2) is 9.50 Å². The summed E-state index contributed by atoms with van der Waals surface area (Å²) in [4.78, 5) is 12.9. The minimum Gasteiger partial charge on any atom is -0.325 e. The Hall–Kier alpha value is -1.05. The predicted octanol–water partition coefficient (Wildman–Crippen LogP) is 1.55. The summed E-state index contributed by atoms with van der Waals surface area (Å²) in [5.74, 6) is 0.777. The molecule has 2 aromatic heterocycles. The number of nitrogens with two attached hydrogens (primary N) is 1. The number of hydrogen-bond donors (Lipinski definition) is 1. The van der Waals surface area contributed by atoms with Gasteiger partial charge in [-0.25, -0.2) is 15.0 Å². The van der Waals surface area contributed by atoms with Gasteiger partial charge in [-0.1, -0.05) is 0 Å². The van der Waals surface area contributed by atoms with E-state index in [0.717, 1.165) is 21.6 Å². The molecule has 0 unspecified atom stereocenters. The Kier molecular flexibility index (Phi) is 3.47. The van der Waals surface area contributed by atoms with Crippen molar-refractivity contribution in [3.63, 3.8) is 0 Å². The number of hydrogen-bond acceptors (Lipinski definition) is 7. The van der Waals surface area contributed by atoms with E-state index in [1.54, 1.807) is 0 Å². The highest BCUT2D eigenvalue weighted by Crippen LogP contribution is 2.26. The molecule has 2 N–H and O–H groups in total. The predicted molar refractivity (Wildman–Crippen MR) is 63.4 cm³/mol. The van der Waals surface area contributed by atoms with E-state index in [1.807, 2.05) is 19.9 Å². The molecule has 0 spiro atoms. The van der Waals surface area contributed by atoms with Gasteiger partial charge in [0.2, 0.25) is 0 Å². The van der Waals surface area contributed by atoms with Crippen molar-refractivity contribution in [1.29, 1.82) is 0 Å². The van der Waals surface area contributed by atoms with E-state index in [2.05, 4.69) is 19.3 Å². The van der Waals surface area contributed by atoms with Gasteiger partial charge in [-0.15, -0.1) is 0 Å². The molecule has 16 heavy (non-hydrogen) atoms. The van der Waals surface area contributed by atoms with Crippen LogP contribution < -0.4 is 5.73 Å². The highest BCUT2D eigenvalue weighted by molar-refractivity contribution is 8.00. The lowest BCUT2D eigenvalue weighted by Crippen LogP contribution is -2.02. The second kappa shape index (κ2) is 4.86. The van der Waals surface area contributed by atoms with Crippen LogP contribution in [0.2, 0.25) is 0 Å². The number of rotatable bonds is 3. The average molecular weight is 253 g/mol. The third-order valence-electron chi connectivity index (χ3n) is 1.78. The van der Waals surface area contributed by atoms with E-state index >= 15 is 0 Å². The summed E-state index contributed by atoms with van der Waals surface area (Å²) in [5, 5.41) is 0.677. The van der Waals surface area contributed by atoms with Crippen molar-refractivity contribution >= 4 is 23.3 Å². The molecule has 0 aliphatic rings. The minimum absolute atomic E-state index is 0.423. The maximum absolute atomic E-state index is 5.56. The average Bonchev–Trinajstić information content (AvgIpc) is 2.63.